The van der Waals surface area contributed by atoms with Gasteiger partial charge in [-0.3, -0.25) is 9.69 Å². The van der Waals surface area contributed by atoms with Crippen molar-refractivity contribution < 1.29 is 9.53 Å². The van der Waals surface area contributed by atoms with Crippen LogP contribution in [0.4, 0.5) is 0 Å². The maximum atomic E-state index is 12.2. The number of nitrogens with zero attached hydrogens (tertiary/aromatic N) is 1. The van der Waals surface area contributed by atoms with Crippen molar-refractivity contribution in [2.45, 2.75) is 32.3 Å². The van der Waals surface area contributed by atoms with Crippen LogP contribution in [0.25, 0.3) is 0 Å². The summed E-state index contributed by atoms with van der Waals surface area (Å²) in [5.74, 6) is 0.208. The van der Waals surface area contributed by atoms with Crippen molar-refractivity contribution >= 4 is 5.78 Å². The second-order valence-electron chi connectivity index (χ2n) is 5.21. The molecule has 104 valence electrons. The number of carbonyl (C=O) groups is 1. The number of Topliss-reactive ketones (excluding diaryl/α,β-unsaturated/α-hetero) is 1. The second kappa shape index (κ2) is 6.83. The van der Waals surface area contributed by atoms with E-state index < -0.39 is 0 Å². The van der Waals surface area contributed by atoms with Gasteiger partial charge in [0.25, 0.3) is 0 Å². The molecule has 0 bridgehead atoms. The SMILES string of the molecule is CCc1ccc(C(=O)CN2CCCC(OC)C2)cc1. The summed E-state index contributed by atoms with van der Waals surface area (Å²) >= 11 is 0. The smallest absolute Gasteiger partial charge is 0.176 e. The molecule has 1 unspecified atom stereocenters. The molecule has 0 N–H and O–H groups in total. The van der Waals surface area contributed by atoms with Gasteiger partial charge in [0.15, 0.2) is 5.78 Å². The number of methoxy groups -OCH3 is 1. The molecule has 2 rings (SSSR count). The Balaban J connectivity index is 1.92. The van der Waals surface area contributed by atoms with Gasteiger partial charge in [-0.05, 0) is 31.4 Å². The number of hydrogen-bond donors (Lipinski definition) is 0. The van der Waals surface area contributed by atoms with Crippen LogP contribution in [0.1, 0.15) is 35.7 Å². The lowest BCUT2D eigenvalue weighted by Gasteiger charge is -2.31. The van der Waals surface area contributed by atoms with E-state index in [9.17, 15) is 4.79 Å². The Hall–Kier alpha value is -1.19. The van der Waals surface area contributed by atoms with Crippen molar-refractivity contribution in [3.63, 3.8) is 0 Å². The lowest BCUT2D eigenvalue weighted by molar-refractivity contribution is 0.0314. The third kappa shape index (κ3) is 3.88. The Bertz CT molecular complexity index is 413. The van der Waals surface area contributed by atoms with Crippen molar-refractivity contribution in [3.8, 4) is 0 Å². The maximum Gasteiger partial charge on any atom is 0.176 e. The third-order valence-corrected chi connectivity index (χ3v) is 3.85. The summed E-state index contributed by atoms with van der Waals surface area (Å²) in [6.45, 7) is 4.49. The zero-order chi connectivity index (χ0) is 13.7. The van der Waals surface area contributed by atoms with Crippen LogP contribution in [0.15, 0.2) is 24.3 Å². The van der Waals surface area contributed by atoms with Crippen LogP contribution in [0.5, 0.6) is 0 Å². The lowest BCUT2D eigenvalue weighted by Crippen LogP contribution is -2.41. The zero-order valence-corrected chi connectivity index (χ0v) is 11.9. The summed E-state index contributed by atoms with van der Waals surface area (Å²) in [4.78, 5) is 14.4. The molecule has 3 nitrogen and oxygen atoms in total. The first-order valence-corrected chi connectivity index (χ1v) is 7.10. The van der Waals surface area contributed by atoms with E-state index in [1.807, 2.05) is 24.3 Å². The molecule has 0 aromatic heterocycles. The van der Waals surface area contributed by atoms with E-state index in [4.69, 9.17) is 4.74 Å². The van der Waals surface area contributed by atoms with Gasteiger partial charge < -0.3 is 4.74 Å². The fourth-order valence-corrected chi connectivity index (χ4v) is 2.57. The van der Waals surface area contributed by atoms with Crippen LogP contribution in [0.2, 0.25) is 0 Å². The van der Waals surface area contributed by atoms with Gasteiger partial charge in [-0.2, -0.15) is 0 Å². The summed E-state index contributed by atoms with van der Waals surface area (Å²) in [5.41, 5.74) is 2.09. The van der Waals surface area contributed by atoms with Gasteiger partial charge >= 0.3 is 0 Å². The van der Waals surface area contributed by atoms with E-state index in [2.05, 4.69) is 11.8 Å². The van der Waals surface area contributed by atoms with Crippen LogP contribution in [-0.2, 0) is 11.2 Å². The van der Waals surface area contributed by atoms with E-state index in [-0.39, 0.29) is 11.9 Å². The largest absolute Gasteiger partial charge is 0.380 e. The maximum absolute atomic E-state index is 12.2. The fourth-order valence-electron chi connectivity index (χ4n) is 2.57. The summed E-state index contributed by atoms with van der Waals surface area (Å²) in [6.07, 6.45) is 3.51. The van der Waals surface area contributed by atoms with Crippen LogP contribution in [-0.4, -0.2) is 43.5 Å². The second-order valence-corrected chi connectivity index (χ2v) is 5.21. The standard InChI is InChI=1S/C16H23NO2/c1-3-13-6-8-14(9-7-13)16(18)12-17-10-4-5-15(11-17)19-2/h6-9,15H,3-5,10-12H2,1-2H3. The Morgan fingerprint density at radius 1 is 1.37 bits per heavy atom. The Morgan fingerprint density at radius 2 is 2.11 bits per heavy atom. The van der Waals surface area contributed by atoms with Crippen LogP contribution < -0.4 is 0 Å². The van der Waals surface area contributed by atoms with E-state index in [1.165, 1.54) is 5.56 Å². The van der Waals surface area contributed by atoms with Crippen LogP contribution in [0.3, 0.4) is 0 Å². The van der Waals surface area contributed by atoms with Gasteiger partial charge in [0.2, 0.25) is 0 Å². The van der Waals surface area contributed by atoms with Crippen molar-refractivity contribution in [1.29, 1.82) is 0 Å². The summed E-state index contributed by atoms with van der Waals surface area (Å²) < 4.78 is 5.39. The summed E-state index contributed by atoms with van der Waals surface area (Å²) in [6, 6.07) is 7.97. The molecule has 0 aliphatic carbocycles. The lowest BCUT2D eigenvalue weighted by atomic mass is 10.0. The number of piperidine rings is 1. The minimum atomic E-state index is 0.208. The molecule has 0 radical (unpaired) electrons. The van der Waals surface area contributed by atoms with E-state index in [0.29, 0.717) is 6.54 Å². The molecule has 1 heterocycles. The average Bonchev–Trinajstić information content (AvgIpc) is 2.47. The molecule has 3 heteroatoms. The van der Waals surface area contributed by atoms with E-state index >= 15 is 0 Å². The van der Waals surface area contributed by atoms with Crippen LogP contribution >= 0.6 is 0 Å². The van der Waals surface area contributed by atoms with Gasteiger partial charge in [-0.15, -0.1) is 0 Å². The molecule has 0 spiro atoms. The van der Waals surface area contributed by atoms with Gasteiger partial charge in [-0.25, -0.2) is 0 Å². The summed E-state index contributed by atoms with van der Waals surface area (Å²) in [5, 5.41) is 0. The highest BCUT2D eigenvalue weighted by Gasteiger charge is 2.21. The quantitative estimate of drug-likeness (QED) is 0.763. The minimum absolute atomic E-state index is 0.208. The topological polar surface area (TPSA) is 29.5 Å². The predicted molar refractivity (Wildman–Crippen MR) is 76.6 cm³/mol. The number of hydrogen-bond acceptors (Lipinski definition) is 3. The first-order valence-electron chi connectivity index (χ1n) is 7.10. The average molecular weight is 261 g/mol. The monoisotopic (exact) mass is 261 g/mol. The number of rotatable bonds is 5. The highest BCUT2D eigenvalue weighted by molar-refractivity contribution is 5.97. The third-order valence-electron chi connectivity index (χ3n) is 3.85. The molecule has 1 saturated heterocycles. The molecule has 1 fully saturated rings. The molecular weight excluding hydrogens is 238 g/mol. The molecule has 19 heavy (non-hydrogen) atoms. The predicted octanol–water partition coefficient (Wildman–Crippen LogP) is 2.54. The zero-order valence-electron chi connectivity index (χ0n) is 11.9. The molecule has 0 saturated carbocycles. The Morgan fingerprint density at radius 3 is 2.74 bits per heavy atom. The molecule has 1 aliphatic rings. The van der Waals surface area contributed by atoms with Crippen molar-refractivity contribution in [1.82, 2.24) is 4.90 Å². The van der Waals surface area contributed by atoms with Crippen molar-refractivity contribution in [2.24, 2.45) is 0 Å². The summed E-state index contributed by atoms with van der Waals surface area (Å²) in [7, 11) is 1.75. The molecule has 1 atom stereocenters. The van der Waals surface area contributed by atoms with E-state index in [1.54, 1.807) is 7.11 Å². The molecule has 1 aliphatic heterocycles. The van der Waals surface area contributed by atoms with Gasteiger partial charge in [0.05, 0.1) is 12.6 Å². The number of ketones is 1. The Labute approximate surface area is 115 Å². The van der Waals surface area contributed by atoms with Crippen molar-refractivity contribution in [2.75, 3.05) is 26.7 Å². The fraction of sp³-hybridized carbons (Fsp3) is 0.562. The van der Waals surface area contributed by atoms with E-state index in [0.717, 1.165) is 37.9 Å². The number of likely N-dealkylation sites (tertiary alicyclic amines) is 1. The molecular formula is C16H23NO2. The number of aryl methyl sites for hydroxylation is 1. The van der Waals surface area contributed by atoms with Gasteiger partial charge in [-0.1, -0.05) is 31.2 Å². The highest BCUT2D eigenvalue weighted by atomic mass is 16.5. The minimum Gasteiger partial charge on any atom is -0.380 e. The van der Waals surface area contributed by atoms with Crippen molar-refractivity contribution in [3.05, 3.63) is 35.4 Å². The molecule has 1 aromatic rings. The first-order chi connectivity index (χ1) is 9.22. The molecule has 0 amide bonds. The van der Waals surface area contributed by atoms with Crippen LogP contribution in [0, 0.1) is 0 Å². The number of carbonyl (C=O) groups excluding carboxylic acids is 1. The first kappa shape index (κ1) is 14.2. The number of ether oxygens (including phenoxy) is 1. The molecule has 1 aromatic carbocycles. The Kier molecular flexibility index (Phi) is 5.11. The number of benzene rings is 1. The van der Waals surface area contributed by atoms with Gasteiger partial charge in [0.1, 0.15) is 0 Å². The van der Waals surface area contributed by atoms with Gasteiger partial charge in [0, 0.05) is 19.2 Å². The highest BCUT2D eigenvalue weighted by Crippen LogP contribution is 2.13. The normalized spacial score (nSPS) is 20.4.